The molecule has 2 N–H and O–H groups in total. The van der Waals surface area contributed by atoms with Gasteiger partial charge in [0.2, 0.25) is 0 Å². The monoisotopic (exact) mass is 476 g/mol. The van der Waals surface area contributed by atoms with E-state index in [4.69, 9.17) is 0 Å². The van der Waals surface area contributed by atoms with E-state index in [-0.39, 0.29) is 0 Å². The summed E-state index contributed by atoms with van der Waals surface area (Å²) in [4.78, 5) is 0. The Labute approximate surface area is 173 Å². The van der Waals surface area contributed by atoms with Gasteiger partial charge >= 0.3 is 0 Å². The summed E-state index contributed by atoms with van der Waals surface area (Å²) >= 11 is 7.70. The van der Waals surface area contributed by atoms with Gasteiger partial charge in [-0.1, -0.05) is 0 Å². The smallest absolute Gasteiger partial charge is 0.0565 e. The summed E-state index contributed by atoms with van der Waals surface area (Å²) in [6, 6.07) is 4.68. The zero-order valence-corrected chi connectivity index (χ0v) is 18.7. The Morgan fingerprint density at radius 1 is 0.654 bits per heavy atom. The predicted molar refractivity (Wildman–Crippen MR) is 120 cm³/mol. The summed E-state index contributed by atoms with van der Waals surface area (Å²) in [5.74, 6) is 0. The lowest BCUT2D eigenvalue weighted by molar-refractivity contribution is 0.681. The second-order valence-corrected chi connectivity index (χ2v) is 9.12. The molecule has 0 saturated heterocycles. The molecule has 4 heteroatoms. The van der Waals surface area contributed by atoms with Gasteiger partial charge in [0.15, 0.2) is 0 Å². The fourth-order valence-corrected chi connectivity index (χ4v) is 6.12. The molecule has 0 radical (unpaired) electrons. The number of halogens is 2. The van der Waals surface area contributed by atoms with Crippen molar-refractivity contribution in [1.82, 2.24) is 0 Å². The largest absolute Gasteiger partial charge is 0.387 e. The Balaban J connectivity index is 2.10. The van der Waals surface area contributed by atoms with Crippen molar-refractivity contribution >= 4 is 43.2 Å². The van der Waals surface area contributed by atoms with Crippen molar-refractivity contribution in [2.24, 2.45) is 0 Å². The zero-order valence-electron chi connectivity index (χ0n) is 15.6. The first-order valence-electron chi connectivity index (χ1n) is 9.70. The molecule has 2 nitrogen and oxygen atoms in total. The van der Waals surface area contributed by atoms with E-state index in [1.165, 1.54) is 93.9 Å². The second-order valence-electron chi connectivity index (χ2n) is 7.41. The first-order valence-corrected chi connectivity index (χ1v) is 11.3. The quantitative estimate of drug-likeness (QED) is 0.512. The average molecular weight is 478 g/mol. The molecule has 0 bridgehead atoms. The summed E-state index contributed by atoms with van der Waals surface area (Å²) in [6.07, 6.45) is 9.91. The molecule has 0 amide bonds. The normalized spacial score (nSPS) is 16.0. The van der Waals surface area contributed by atoms with Gasteiger partial charge in [0.1, 0.15) is 0 Å². The topological polar surface area (TPSA) is 24.1 Å². The highest BCUT2D eigenvalue weighted by Gasteiger charge is 2.27. The van der Waals surface area contributed by atoms with Crippen LogP contribution in [0, 0.1) is 0 Å². The van der Waals surface area contributed by atoms with Crippen molar-refractivity contribution < 1.29 is 0 Å². The van der Waals surface area contributed by atoms with Gasteiger partial charge in [-0.05, 0) is 118 Å². The highest BCUT2D eigenvalue weighted by atomic mass is 79.9. The van der Waals surface area contributed by atoms with Crippen molar-refractivity contribution in [3.8, 4) is 11.1 Å². The number of anilines is 2. The second kappa shape index (κ2) is 7.55. The molecule has 0 saturated carbocycles. The zero-order chi connectivity index (χ0) is 18.3. The number of fused-ring (bicyclic) bond motifs is 2. The molecule has 0 unspecified atom stereocenters. The van der Waals surface area contributed by atoms with Crippen LogP contribution >= 0.6 is 31.9 Å². The molecule has 0 atom stereocenters. The Kier molecular flexibility index (Phi) is 5.34. The van der Waals surface area contributed by atoms with E-state index in [1.807, 2.05) is 14.1 Å². The van der Waals surface area contributed by atoms with E-state index in [9.17, 15) is 0 Å². The van der Waals surface area contributed by atoms with E-state index >= 15 is 0 Å². The molecule has 2 aliphatic rings. The maximum absolute atomic E-state index is 3.85. The van der Waals surface area contributed by atoms with Crippen LogP contribution in [0.15, 0.2) is 21.1 Å². The van der Waals surface area contributed by atoms with Crippen LogP contribution in [0.25, 0.3) is 11.1 Å². The van der Waals surface area contributed by atoms with Gasteiger partial charge in [-0.2, -0.15) is 0 Å². The van der Waals surface area contributed by atoms with Gasteiger partial charge in [-0.3, -0.25) is 0 Å². The average Bonchev–Trinajstić information content (AvgIpc) is 2.66. The third-order valence-corrected chi connectivity index (χ3v) is 7.20. The fraction of sp³-hybridized carbons (Fsp3) is 0.455. The fourth-order valence-electron chi connectivity index (χ4n) is 4.78. The minimum absolute atomic E-state index is 1.18. The molecule has 138 valence electrons. The molecule has 0 aliphatic heterocycles. The van der Waals surface area contributed by atoms with E-state index in [2.05, 4.69) is 54.6 Å². The summed E-state index contributed by atoms with van der Waals surface area (Å²) in [5.41, 5.74) is 11.4. The summed E-state index contributed by atoms with van der Waals surface area (Å²) in [6.45, 7) is 0. The van der Waals surface area contributed by atoms with Crippen molar-refractivity contribution in [1.29, 1.82) is 0 Å². The van der Waals surface area contributed by atoms with Crippen LogP contribution in [-0.2, 0) is 25.7 Å². The van der Waals surface area contributed by atoms with Gasteiger partial charge in [0.25, 0.3) is 0 Å². The van der Waals surface area contributed by atoms with Crippen LogP contribution in [0.2, 0.25) is 0 Å². The van der Waals surface area contributed by atoms with Crippen molar-refractivity contribution in [2.45, 2.75) is 51.4 Å². The van der Waals surface area contributed by atoms with Crippen LogP contribution in [0.4, 0.5) is 11.4 Å². The van der Waals surface area contributed by atoms with Gasteiger partial charge in [-0.25, -0.2) is 0 Å². The van der Waals surface area contributed by atoms with Crippen molar-refractivity contribution in [3.05, 3.63) is 43.3 Å². The van der Waals surface area contributed by atoms with E-state index in [0.29, 0.717) is 0 Å². The van der Waals surface area contributed by atoms with Crippen molar-refractivity contribution in [3.63, 3.8) is 0 Å². The standard InChI is InChI=1S/C22H26Br2N2/c1-25-21-17(23)11-13-7-3-5-9-15(13)19(21)20-16-10-6-4-8-14(16)12-18(24)22(20)26-2/h11-12,25-26H,3-10H2,1-2H3. The molecule has 0 spiro atoms. The molecular formula is C22H26Br2N2. The Bertz CT molecular complexity index is 787. The van der Waals surface area contributed by atoms with Crippen molar-refractivity contribution in [2.75, 3.05) is 24.7 Å². The molecule has 0 aromatic heterocycles. The Morgan fingerprint density at radius 2 is 1.04 bits per heavy atom. The van der Waals surface area contributed by atoms with Gasteiger partial charge in [-0.15, -0.1) is 0 Å². The summed E-state index contributed by atoms with van der Waals surface area (Å²) in [5, 5.41) is 7.00. The van der Waals surface area contributed by atoms with Gasteiger partial charge < -0.3 is 10.6 Å². The summed E-state index contributed by atoms with van der Waals surface area (Å²) < 4.78 is 2.37. The SMILES string of the molecule is CNc1c(Br)cc2c(c1-c1c3c(cc(Br)c1NC)CCCC3)CCCC2. The van der Waals surface area contributed by atoms with E-state index in [0.717, 1.165) is 0 Å². The number of hydrogen-bond acceptors (Lipinski definition) is 2. The highest BCUT2D eigenvalue weighted by Crippen LogP contribution is 2.49. The summed E-state index contributed by atoms with van der Waals surface area (Å²) in [7, 11) is 4.09. The van der Waals surface area contributed by atoms with Gasteiger partial charge in [0, 0.05) is 34.2 Å². The number of hydrogen-bond donors (Lipinski definition) is 2. The Morgan fingerprint density at radius 3 is 1.42 bits per heavy atom. The minimum atomic E-state index is 1.18. The number of nitrogens with one attached hydrogen (secondary N) is 2. The highest BCUT2D eigenvalue weighted by molar-refractivity contribution is 9.11. The lowest BCUT2D eigenvalue weighted by Crippen LogP contribution is -2.12. The molecule has 2 aromatic carbocycles. The van der Waals surface area contributed by atoms with E-state index in [1.54, 1.807) is 11.1 Å². The van der Waals surface area contributed by atoms with E-state index < -0.39 is 0 Å². The van der Waals surface area contributed by atoms with Crippen LogP contribution in [0.3, 0.4) is 0 Å². The van der Waals surface area contributed by atoms with Crippen LogP contribution in [0.1, 0.15) is 47.9 Å². The molecule has 4 rings (SSSR count). The third kappa shape index (κ3) is 2.99. The first kappa shape index (κ1) is 18.4. The van der Waals surface area contributed by atoms with Crippen LogP contribution in [-0.4, -0.2) is 14.1 Å². The molecule has 26 heavy (non-hydrogen) atoms. The maximum Gasteiger partial charge on any atom is 0.0565 e. The van der Waals surface area contributed by atoms with Gasteiger partial charge in [0.05, 0.1) is 11.4 Å². The molecule has 0 fully saturated rings. The van der Waals surface area contributed by atoms with Crippen LogP contribution in [0.5, 0.6) is 0 Å². The first-order chi connectivity index (χ1) is 12.7. The molecule has 0 heterocycles. The maximum atomic E-state index is 3.85. The molecular weight excluding hydrogens is 452 g/mol. The number of benzene rings is 2. The molecule has 2 aliphatic carbocycles. The lowest BCUT2D eigenvalue weighted by Gasteiger charge is -2.29. The third-order valence-electron chi connectivity index (χ3n) is 5.95. The Hall–Kier alpha value is -1.00. The number of aryl methyl sites for hydroxylation is 2. The number of rotatable bonds is 3. The van der Waals surface area contributed by atoms with Crippen LogP contribution < -0.4 is 10.6 Å². The predicted octanol–water partition coefficient (Wildman–Crippen LogP) is 6.72. The minimum Gasteiger partial charge on any atom is -0.387 e. The molecule has 2 aromatic rings. The lowest BCUT2D eigenvalue weighted by atomic mass is 9.79.